The maximum absolute atomic E-state index is 11.1. The largest absolute Gasteiger partial charge is 0.478 e. The number of carbonyl (C=O) groups is 1. The lowest BCUT2D eigenvalue weighted by Crippen LogP contribution is -2.29. The molecule has 2 aromatic rings. The number of rotatable bonds is 2. The minimum Gasteiger partial charge on any atom is -0.478 e. The summed E-state index contributed by atoms with van der Waals surface area (Å²) in [6.07, 6.45) is 5.66. The van der Waals surface area contributed by atoms with Crippen LogP contribution >= 0.6 is 0 Å². The third-order valence-corrected chi connectivity index (χ3v) is 5.58. The highest BCUT2D eigenvalue weighted by Gasteiger charge is 2.38. The Morgan fingerprint density at radius 1 is 1.12 bits per heavy atom. The molecule has 0 saturated heterocycles. The van der Waals surface area contributed by atoms with Gasteiger partial charge in [0.15, 0.2) is 0 Å². The molecule has 0 fully saturated rings. The Morgan fingerprint density at radius 3 is 2.58 bits per heavy atom. The molecule has 2 N–H and O–H groups in total. The van der Waals surface area contributed by atoms with Gasteiger partial charge in [-0.05, 0) is 60.6 Å². The first-order chi connectivity index (χ1) is 11.6. The van der Waals surface area contributed by atoms with E-state index in [9.17, 15) is 4.79 Å². The Balaban J connectivity index is 1.77. The summed E-state index contributed by atoms with van der Waals surface area (Å²) in [5, 5.41) is 12.9. The molecule has 3 nitrogen and oxygen atoms in total. The first-order valence-corrected chi connectivity index (χ1v) is 8.43. The number of carboxylic acids is 1. The zero-order chi connectivity index (χ0) is 16.8. The van der Waals surface area contributed by atoms with Crippen LogP contribution in [0.3, 0.4) is 0 Å². The van der Waals surface area contributed by atoms with E-state index >= 15 is 0 Å². The molecule has 3 atom stereocenters. The number of aryl methyl sites for hydroxylation is 1. The normalized spacial score (nSPS) is 24.2. The fourth-order valence-corrected chi connectivity index (χ4v) is 4.08. The molecule has 24 heavy (non-hydrogen) atoms. The van der Waals surface area contributed by atoms with Crippen molar-refractivity contribution in [2.75, 3.05) is 5.32 Å². The highest BCUT2D eigenvalue weighted by Crippen LogP contribution is 2.50. The third-order valence-electron chi connectivity index (χ3n) is 5.58. The lowest BCUT2D eigenvalue weighted by Gasteiger charge is -2.38. The molecule has 0 radical (unpaired) electrons. The quantitative estimate of drug-likeness (QED) is 0.780. The van der Waals surface area contributed by atoms with E-state index < -0.39 is 5.97 Å². The molecule has 4 rings (SSSR count). The number of allylic oxidation sites excluding steroid dienone is 2. The number of hydrogen-bond donors (Lipinski definition) is 2. The third kappa shape index (κ3) is 2.23. The summed E-state index contributed by atoms with van der Waals surface area (Å²) in [6, 6.07) is 12.0. The molecule has 3 heteroatoms. The van der Waals surface area contributed by atoms with Gasteiger partial charge in [0, 0.05) is 11.6 Å². The van der Waals surface area contributed by atoms with Crippen molar-refractivity contribution >= 4 is 11.7 Å². The van der Waals surface area contributed by atoms with E-state index in [1.54, 1.807) is 12.1 Å². The lowest BCUT2D eigenvalue weighted by atomic mass is 9.76. The van der Waals surface area contributed by atoms with Crippen molar-refractivity contribution in [3.8, 4) is 0 Å². The van der Waals surface area contributed by atoms with Crippen molar-refractivity contribution in [3.05, 3.63) is 76.4 Å². The predicted molar refractivity (Wildman–Crippen MR) is 95.7 cm³/mol. The van der Waals surface area contributed by atoms with Gasteiger partial charge in [0.2, 0.25) is 0 Å². The minimum absolute atomic E-state index is 0.209. The number of fused-ring (bicyclic) bond motifs is 3. The highest BCUT2D eigenvalue weighted by atomic mass is 16.4. The second kappa shape index (κ2) is 5.52. The van der Waals surface area contributed by atoms with Gasteiger partial charge in [0.25, 0.3) is 0 Å². The van der Waals surface area contributed by atoms with Crippen molar-refractivity contribution in [2.24, 2.45) is 5.92 Å². The summed E-state index contributed by atoms with van der Waals surface area (Å²) >= 11 is 0. The molecule has 1 aliphatic heterocycles. The molecule has 1 heterocycles. The van der Waals surface area contributed by atoms with E-state index in [1.165, 1.54) is 22.4 Å². The van der Waals surface area contributed by atoms with Crippen LogP contribution in [-0.4, -0.2) is 11.1 Å². The molecule has 0 amide bonds. The van der Waals surface area contributed by atoms with Gasteiger partial charge < -0.3 is 10.4 Å². The van der Waals surface area contributed by atoms with Gasteiger partial charge in [-0.2, -0.15) is 0 Å². The molecule has 0 spiro atoms. The summed E-state index contributed by atoms with van der Waals surface area (Å²) in [4.78, 5) is 11.1. The standard InChI is InChI=1S/C21H21NO2/c1-12-6-11-18-16-4-3-5-17(16)20(22-19(18)13(12)2)14-7-9-15(10-8-14)21(23)24/h3-4,6-11,16-17,20,22H,5H2,1-2H3,(H,23,24)/t16-,17+,20-/m1/s1. The van der Waals surface area contributed by atoms with Crippen molar-refractivity contribution in [1.29, 1.82) is 0 Å². The van der Waals surface area contributed by atoms with Crippen molar-refractivity contribution in [2.45, 2.75) is 32.2 Å². The second-order valence-electron chi connectivity index (χ2n) is 6.87. The van der Waals surface area contributed by atoms with Gasteiger partial charge in [0.05, 0.1) is 11.6 Å². The van der Waals surface area contributed by atoms with Gasteiger partial charge in [-0.3, -0.25) is 0 Å². The van der Waals surface area contributed by atoms with Crippen LogP contribution in [0.1, 0.15) is 51.0 Å². The molecule has 2 aromatic carbocycles. The molecule has 0 aromatic heterocycles. The molecule has 122 valence electrons. The zero-order valence-corrected chi connectivity index (χ0v) is 13.9. The van der Waals surface area contributed by atoms with E-state index in [4.69, 9.17) is 5.11 Å². The van der Waals surface area contributed by atoms with E-state index in [-0.39, 0.29) is 6.04 Å². The maximum atomic E-state index is 11.1. The first-order valence-electron chi connectivity index (χ1n) is 8.43. The molecular formula is C21H21NO2. The lowest BCUT2D eigenvalue weighted by molar-refractivity contribution is 0.0697. The Hall–Kier alpha value is -2.55. The summed E-state index contributed by atoms with van der Waals surface area (Å²) < 4.78 is 0. The first kappa shape index (κ1) is 15.0. The smallest absolute Gasteiger partial charge is 0.335 e. The number of anilines is 1. The number of aromatic carboxylic acids is 1. The second-order valence-corrected chi connectivity index (χ2v) is 6.87. The molecule has 0 saturated carbocycles. The Kier molecular flexibility index (Phi) is 3.45. The molecule has 0 unspecified atom stereocenters. The molecule has 2 aliphatic rings. The van der Waals surface area contributed by atoms with E-state index in [0.29, 0.717) is 17.4 Å². The number of hydrogen-bond acceptors (Lipinski definition) is 2. The number of nitrogens with one attached hydrogen (secondary N) is 1. The fraction of sp³-hybridized carbons (Fsp3) is 0.286. The summed E-state index contributed by atoms with van der Waals surface area (Å²) in [6.45, 7) is 4.31. The van der Waals surface area contributed by atoms with Crippen LogP contribution in [0.4, 0.5) is 5.69 Å². The molecule has 0 bridgehead atoms. The minimum atomic E-state index is -0.879. The van der Waals surface area contributed by atoms with Crippen LogP contribution in [0.15, 0.2) is 48.6 Å². The van der Waals surface area contributed by atoms with Gasteiger partial charge >= 0.3 is 5.97 Å². The average molecular weight is 319 g/mol. The maximum Gasteiger partial charge on any atom is 0.335 e. The average Bonchev–Trinajstić information content (AvgIpc) is 3.07. The van der Waals surface area contributed by atoms with Crippen LogP contribution in [0.5, 0.6) is 0 Å². The topological polar surface area (TPSA) is 49.3 Å². The van der Waals surface area contributed by atoms with E-state index in [0.717, 1.165) is 12.0 Å². The van der Waals surface area contributed by atoms with E-state index in [1.807, 2.05) is 12.1 Å². The van der Waals surface area contributed by atoms with Crippen molar-refractivity contribution < 1.29 is 9.90 Å². The van der Waals surface area contributed by atoms with Crippen LogP contribution < -0.4 is 5.32 Å². The van der Waals surface area contributed by atoms with Crippen molar-refractivity contribution in [1.82, 2.24) is 0 Å². The Morgan fingerprint density at radius 2 is 1.88 bits per heavy atom. The number of benzene rings is 2. The van der Waals surface area contributed by atoms with Crippen molar-refractivity contribution in [3.63, 3.8) is 0 Å². The molecule has 1 aliphatic carbocycles. The van der Waals surface area contributed by atoms with Crippen LogP contribution in [0, 0.1) is 19.8 Å². The SMILES string of the molecule is Cc1ccc2c(c1C)N[C@H](c1ccc(C(=O)O)cc1)[C@H]1CC=C[C@@H]21. The summed E-state index contributed by atoms with van der Waals surface area (Å²) in [5.41, 5.74) is 6.72. The summed E-state index contributed by atoms with van der Waals surface area (Å²) in [5.74, 6) is 0.0374. The Labute approximate surface area is 142 Å². The predicted octanol–water partition coefficient (Wildman–Crippen LogP) is 4.83. The van der Waals surface area contributed by atoms with Gasteiger partial charge in [-0.15, -0.1) is 0 Å². The Bertz CT molecular complexity index is 836. The summed E-state index contributed by atoms with van der Waals surface area (Å²) in [7, 11) is 0. The van der Waals surface area contributed by atoms with Crippen LogP contribution in [-0.2, 0) is 0 Å². The van der Waals surface area contributed by atoms with Gasteiger partial charge in [-0.1, -0.05) is 36.4 Å². The van der Waals surface area contributed by atoms with Gasteiger partial charge in [0.1, 0.15) is 0 Å². The highest BCUT2D eigenvalue weighted by molar-refractivity contribution is 5.87. The van der Waals surface area contributed by atoms with E-state index in [2.05, 4.69) is 43.4 Å². The zero-order valence-electron chi connectivity index (χ0n) is 13.9. The van der Waals surface area contributed by atoms with Gasteiger partial charge in [-0.25, -0.2) is 4.79 Å². The molecular weight excluding hydrogens is 298 g/mol. The van der Waals surface area contributed by atoms with Crippen LogP contribution in [0.25, 0.3) is 0 Å². The fourth-order valence-electron chi connectivity index (χ4n) is 4.08. The van der Waals surface area contributed by atoms with Crippen LogP contribution in [0.2, 0.25) is 0 Å². The monoisotopic (exact) mass is 319 g/mol. The number of carboxylic acid groups (broad SMARTS) is 1.